The minimum Gasteiger partial charge on any atom is -0.299 e. The van der Waals surface area contributed by atoms with Gasteiger partial charge in [0.1, 0.15) is 5.78 Å². The molecule has 1 aromatic carbocycles. The summed E-state index contributed by atoms with van der Waals surface area (Å²) < 4.78 is 0. The van der Waals surface area contributed by atoms with Crippen molar-refractivity contribution in [1.82, 2.24) is 0 Å². The average Bonchev–Trinajstić information content (AvgIpc) is 2.43. The Balaban J connectivity index is 2.45. The topological polar surface area (TPSA) is 34.1 Å². The van der Waals surface area contributed by atoms with E-state index in [1.54, 1.807) is 0 Å². The molecule has 0 radical (unpaired) electrons. The lowest BCUT2D eigenvalue weighted by molar-refractivity contribution is -0.119. The zero-order valence-corrected chi connectivity index (χ0v) is 8.33. The lowest BCUT2D eigenvalue weighted by Gasteiger charge is -1.99. The Morgan fingerprint density at radius 2 is 2.14 bits per heavy atom. The number of hydrogen-bond donors (Lipinski definition) is 0. The molecule has 14 heavy (non-hydrogen) atoms. The van der Waals surface area contributed by atoms with Crippen LogP contribution >= 0.6 is 0 Å². The minimum absolute atomic E-state index is 0.00694. The summed E-state index contributed by atoms with van der Waals surface area (Å²) in [6, 6.07) is 5.74. The van der Waals surface area contributed by atoms with Crippen LogP contribution in [0.5, 0.6) is 0 Å². The third kappa shape index (κ3) is 1.27. The van der Waals surface area contributed by atoms with Crippen LogP contribution in [0.2, 0.25) is 0 Å². The third-order valence-electron chi connectivity index (χ3n) is 2.76. The standard InChI is InChI=1S/C12H12O2/c1-7-3-4-10-9(5-7)6-11(8(2)13)12(10)14/h3-5,11H,6H2,1-2H3. The second-order valence-corrected chi connectivity index (χ2v) is 3.89. The molecule has 0 heterocycles. The maximum absolute atomic E-state index is 11.7. The van der Waals surface area contributed by atoms with E-state index in [1.165, 1.54) is 6.92 Å². The van der Waals surface area contributed by atoms with E-state index >= 15 is 0 Å². The van der Waals surface area contributed by atoms with Gasteiger partial charge in [-0.15, -0.1) is 0 Å². The van der Waals surface area contributed by atoms with Crippen LogP contribution in [-0.4, -0.2) is 11.6 Å². The van der Waals surface area contributed by atoms with Crippen molar-refractivity contribution in [2.45, 2.75) is 20.3 Å². The first kappa shape index (κ1) is 9.13. The molecule has 0 saturated heterocycles. The Labute approximate surface area is 82.9 Å². The minimum atomic E-state index is -0.424. The summed E-state index contributed by atoms with van der Waals surface area (Å²) in [5.74, 6) is -0.455. The second-order valence-electron chi connectivity index (χ2n) is 3.89. The molecular formula is C12H12O2. The molecule has 2 rings (SSSR count). The molecule has 72 valence electrons. The number of carbonyl (C=O) groups is 2. The van der Waals surface area contributed by atoms with Crippen molar-refractivity contribution in [2.24, 2.45) is 5.92 Å². The Kier molecular flexibility index (Phi) is 1.99. The Morgan fingerprint density at radius 3 is 2.79 bits per heavy atom. The molecule has 0 amide bonds. The number of fused-ring (bicyclic) bond motifs is 1. The van der Waals surface area contributed by atoms with E-state index < -0.39 is 5.92 Å². The fourth-order valence-corrected chi connectivity index (χ4v) is 1.96. The summed E-state index contributed by atoms with van der Waals surface area (Å²) in [5, 5.41) is 0. The van der Waals surface area contributed by atoms with Gasteiger partial charge in [0.2, 0.25) is 0 Å². The van der Waals surface area contributed by atoms with Crippen molar-refractivity contribution >= 4 is 11.6 Å². The normalized spacial score (nSPS) is 19.6. The fourth-order valence-electron chi connectivity index (χ4n) is 1.96. The van der Waals surface area contributed by atoms with Crippen LogP contribution in [0.25, 0.3) is 0 Å². The molecule has 0 aliphatic heterocycles. The summed E-state index contributed by atoms with van der Waals surface area (Å²) in [7, 11) is 0. The SMILES string of the molecule is CC(=O)C1Cc2cc(C)ccc2C1=O. The van der Waals surface area contributed by atoms with Crippen molar-refractivity contribution in [1.29, 1.82) is 0 Å². The van der Waals surface area contributed by atoms with Crippen LogP contribution in [-0.2, 0) is 11.2 Å². The number of hydrogen-bond acceptors (Lipinski definition) is 2. The van der Waals surface area contributed by atoms with Gasteiger partial charge in [-0.3, -0.25) is 9.59 Å². The van der Waals surface area contributed by atoms with Crippen LogP contribution in [0.4, 0.5) is 0 Å². The molecule has 0 aromatic heterocycles. The number of Topliss-reactive ketones (excluding diaryl/α,β-unsaturated/α-hetero) is 2. The highest BCUT2D eigenvalue weighted by Gasteiger charge is 2.33. The van der Waals surface area contributed by atoms with Gasteiger partial charge < -0.3 is 0 Å². The van der Waals surface area contributed by atoms with E-state index in [4.69, 9.17) is 0 Å². The zero-order valence-electron chi connectivity index (χ0n) is 8.33. The Morgan fingerprint density at radius 1 is 1.43 bits per heavy atom. The van der Waals surface area contributed by atoms with Crippen LogP contribution < -0.4 is 0 Å². The second kappa shape index (κ2) is 3.05. The molecule has 2 heteroatoms. The van der Waals surface area contributed by atoms with Crippen molar-refractivity contribution in [3.63, 3.8) is 0 Å². The van der Waals surface area contributed by atoms with Gasteiger partial charge in [0.05, 0.1) is 5.92 Å². The smallest absolute Gasteiger partial charge is 0.173 e. The summed E-state index contributed by atoms with van der Waals surface area (Å²) in [5.41, 5.74) is 2.90. The molecule has 1 aliphatic carbocycles. The van der Waals surface area contributed by atoms with Crippen molar-refractivity contribution in [3.05, 3.63) is 34.9 Å². The first-order valence-corrected chi connectivity index (χ1v) is 4.74. The average molecular weight is 188 g/mol. The van der Waals surface area contributed by atoms with Gasteiger partial charge in [0, 0.05) is 5.56 Å². The number of rotatable bonds is 1. The van der Waals surface area contributed by atoms with Gasteiger partial charge in [-0.2, -0.15) is 0 Å². The first-order chi connectivity index (χ1) is 6.59. The zero-order chi connectivity index (χ0) is 10.3. The summed E-state index contributed by atoms with van der Waals surface area (Å²) in [6.07, 6.45) is 0.588. The molecule has 0 bridgehead atoms. The van der Waals surface area contributed by atoms with E-state index in [1.807, 2.05) is 25.1 Å². The molecule has 1 unspecified atom stereocenters. The Hall–Kier alpha value is -1.44. The lowest BCUT2D eigenvalue weighted by atomic mass is 10.0. The van der Waals surface area contributed by atoms with Gasteiger partial charge in [-0.1, -0.05) is 23.8 Å². The summed E-state index contributed by atoms with van der Waals surface area (Å²) in [4.78, 5) is 22.9. The fraction of sp³-hybridized carbons (Fsp3) is 0.333. The molecule has 0 saturated carbocycles. The van der Waals surface area contributed by atoms with Crippen molar-refractivity contribution in [2.75, 3.05) is 0 Å². The van der Waals surface area contributed by atoms with Crippen molar-refractivity contribution in [3.8, 4) is 0 Å². The first-order valence-electron chi connectivity index (χ1n) is 4.74. The van der Waals surface area contributed by atoms with Crippen LogP contribution in [0, 0.1) is 12.8 Å². The maximum atomic E-state index is 11.7. The molecule has 1 aliphatic rings. The van der Waals surface area contributed by atoms with Gasteiger partial charge in [0.25, 0.3) is 0 Å². The van der Waals surface area contributed by atoms with E-state index in [0.717, 1.165) is 16.7 Å². The third-order valence-corrected chi connectivity index (χ3v) is 2.76. The highest BCUT2D eigenvalue weighted by molar-refractivity contribution is 6.13. The number of benzene rings is 1. The number of aryl methyl sites for hydroxylation is 1. The van der Waals surface area contributed by atoms with Crippen molar-refractivity contribution < 1.29 is 9.59 Å². The van der Waals surface area contributed by atoms with E-state index in [-0.39, 0.29) is 11.6 Å². The molecule has 0 spiro atoms. The van der Waals surface area contributed by atoms with Gasteiger partial charge in [0.15, 0.2) is 5.78 Å². The van der Waals surface area contributed by atoms with Crippen LogP contribution in [0.3, 0.4) is 0 Å². The predicted octanol–water partition coefficient (Wildman–Crippen LogP) is 1.94. The molecule has 1 aromatic rings. The van der Waals surface area contributed by atoms with Gasteiger partial charge in [-0.25, -0.2) is 0 Å². The quantitative estimate of drug-likeness (QED) is 0.631. The summed E-state index contributed by atoms with van der Waals surface area (Å²) in [6.45, 7) is 3.48. The van der Waals surface area contributed by atoms with Gasteiger partial charge in [-0.05, 0) is 25.8 Å². The van der Waals surface area contributed by atoms with Crippen LogP contribution in [0.1, 0.15) is 28.4 Å². The molecular weight excluding hydrogens is 176 g/mol. The largest absolute Gasteiger partial charge is 0.299 e. The van der Waals surface area contributed by atoms with Crippen LogP contribution in [0.15, 0.2) is 18.2 Å². The number of carbonyl (C=O) groups excluding carboxylic acids is 2. The molecule has 0 N–H and O–H groups in total. The molecule has 1 atom stereocenters. The molecule has 0 fully saturated rings. The predicted molar refractivity (Wildman–Crippen MR) is 53.4 cm³/mol. The monoisotopic (exact) mass is 188 g/mol. The maximum Gasteiger partial charge on any atom is 0.173 e. The van der Waals surface area contributed by atoms with E-state index in [9.17, 15) is 9.59 Å². The van der Waals surface area contributed by atoms with Gasteiger partial charge >= 0.3 is 0 Å². The van der Waals surface area contributed by atoms with E-state index in [0.29, 0.717) is 6.42 Å². The number of ketones is 2. The Bertz CT molecular complexity index is 418. The van der Waals surface area contributed by atoms with E-state index in [2.05, 4.69) is 0 Å². The molecule has 2 nitrogen and oxygen atoms in total. The summed E-state index contributed by atoms with van der Waals surface area (Å²) >= 11 is 0. The lowest BCUT2D eigenvalue weighted by Crippen LogP contribution is -2.17. The highest BCUT2D eigenvalue weighted by atomic mass is 16.1. The highest BCUT2D eigenvalue weighted by Crippen LogP contribution is 2.27.